The number of halogens is 1. The van der Waals surface area contributed by atoms with Gasteiger partial charge < -0.3 is 14.8 Å². The van der Waals surface area contributed by atoms with Gasteiger partial charge in [-0.25, -0.2) is 4.98 Å². The molecule has 2 aromatic heterocycles. The number of aromatic nitrogens is 3. The summed E-state index contributed by atoms with van der Waals surface area (Å²) in [4.78, 5) is 28.2. The van der Waals surface area contributed by atoms with Gasteiger partial charge in [-0.3, -0.25) is 9.78 Å². The van der Waals surface area contributed by atoms with Crippen LogP contribution in [0.25, 0.3) is 11.4 Å². The van der Waals surface area contributed by atoms with Crippen LogP contribution in [0.4, 0.5) is 5.82 Å². The predicted molar refractivity (Wildman–Crippen MR) is 90.1 cm³/mol. The lowest BCUT2D eigenvalue weighted by Crippen LogP contribution is -2.47. The molecule has 0 amide bonds. The molecule has 6 nitrogen and oxygen atoms in total. The van der Waals surface area contributed by atoms with Crippen molar-refractivity contribution < 1.29 is 0 Å². The second kappa shape index (κ2) is 6.58. The number of H-pyrrole nitrogens is 1. The van der Waals surface area contributed by atoms with E-state index in [-0.39, 0.29) is 5.56 Å². The molecule has 22 heavy (non-hydrogen) atoms. The van der Waals surface area contributed by atoms with Crippen molar-refractivity contribution in [1.29, 1.82) is 0 Å². The van der Waals surface area contributed by atoms with E-state index < -0.39 is 0 Å². The number of nitrogens with one attached hydrogen (secondary N) is 1. The summed E-state index contributed by atoms with van der Waals surface area (Å²) < 4.78 is 0.496. The van der Waals surface area contributed by atoms with Crippen molar-refractivity contribution in [2.24, 2.45) is 0 Å². The van der Waals surface area contributed by atoms with E-state index in [9.17, 15) is 4.79 Å². The van der Waals surface area contributed by atoms with Crippen LogP contribution in [0.3, 0.4) is 0 Å². The summed E-state index contributed by atoms with van der Waals surface area (Å²) in [6.07, 6.45) is 3.38. The number of rotatable bonds is 3. The SMILES string of the molecule is CCN1CCN(c2nc(-c3ccncc3)[nH]c(=O)c2Br)CC1. The third kappa shape index (κ3) is 3.05. The van der Waals surface area contributed by atoms with E-state index in [1.165, 1.54) is 0 Å². The van der Waals surface area contributed by atoms with Gasteiger partial charge in [-0.2, -0.15) is 0 Å². The third-order valence-corrected chi connectivity index (χ3v) is 4.63. The van der Waals surface area contributed by atoms with Gasteiger partial charge in [0.25, 0.3) is 5.56 Å². The second-order valence-corrected chi connectivity index (χ2v) is 6.00. The van der Waals surface area contributed by atoms with Crippen LogP contribution >= 0.6 is 15.9 Å². The number of hydrogen-bond donors (Lipinski definition) is 1. The Morgan fingerprint density at radius 1 is 1.23 bits per heavy atom. The maximum Gasteiger partial charge on any atom is 0.267 e. The molecule has 0 bridgehead atoms. The molecule has 0 unspecified atom stereocenters. The molecule has 116 valence electrons. The summed E-state index contributed by atoms with van der Waals surface area (Å²) in [5.41, 5.74) is 0.697. The van der Waals surface area contributed by atoms with Crippen molar-refractivity contribution in [2.45, 2.75) is 6.92 Å². The van der Waals surface area contributed by atoms with E-state index in [1.807, 2.05) is 12.1 Å². The van der Waals surface area contributed by atoms with E-state index in [0.717, 1.165) is 38.3 Å². The number of piperazine rings is 1. The molecule has 2 aromatic rings. The molecule has 1 aliphatic rings. The first-order chi connectivity index (χ1) is 10.7. The average Bonchev–Trinajstić information content (AvgIpc) is 2.58. The Kier molecular flexibility index (Phi) is 4.54. The number of hydrogen-bond acceptors (Lipinski definition) is 5. The molecule has 0 aromatic carbocycles. The van der Waals surface area contributed by atoms with Crippen LogP contribution in [0.2, 0.25) is 0 Å². The minimum Gasteiger partial charge on any atom is -0.353 e. The zero-order valence-corrected chi connectivity index (χ0v) is 14.0. The van der Waals surface area contributed by atoms with Crippen molar-refractivity contribution in [1.82, 2.24) is 19.9 Å². The van der Waals surface area contributed by atoms with E-state index in [2.05, 4.69) is 47.6 Å². The number of anilines is 1. The van der Waals surface area contributed by atoms with Gasteiger partial charge in [0.1, 0.15) is 10.3 Å². The van der Waals surface area contributed by atoms with Crippen LogP contribution < -0.4 is 10.5 Å². The lowest BCUT2D eigenvalue weighted by atomic mass is 10.2. The highest BCUT2D eigenvalue weighted by atomic mass is 79.9. The Hall–Kier alpha value is -1.73. The molecule has 0 aliphatic carbocycles. The fraction of sp³-hybridized carbons (Fsp3) is 0.400. The van der Waals surface area contributed by atoms with Gasteiger partial charge >= 0.3 is 0 Å². The standard InChI is InChI=1S/C15H18BrN5O/c1-2-20-7-9-21(10-8-20)14-12(16)15(22)19-13(18-14)11-3-5-17-6-4-11/h3-6H,2,7-10H2,1H3,(H,18,19,22). The summed E-state index contributed by atoms with van der Waals surface area (Å²) in [7, 11) is 0. The lowest BCUT2D eigenvalue weighted by Gasteiger charge is -2.35. The van der Waals surface area contributed by atoms with Gasteiger partial charge in [0.2, 0.25) is 0 Å². The van der Waals surface area contributed by atoms with E-state index in [1.54, 1.807) is 12.4 Å². The molecule has 7 heteroatoms. The fourth-order valence-electron chi connectivity index (χ4n) is 2.58. The van der Waals surface area contributed by atoms with Crippen LogP contribution in [0.5, 0.6) is 0 Å². The molecular formula is C15H18BrN5O. The van der Waals surface area contributed by atoms with Gasteiger partial charge in [-0.1, -0.05) is 6.92 Å². The quantitative estimate of drug-likeness (QED) is 0.899. The summed E-state index contributed by atoms with van der Waals surface area (Å²) in [6.45, 7) is 6.94. The molecule has 0 spiro atoms. The van der Waals surface area contributed by atoms with E-state index >= 15 is 0 Å². The van der Waals surface area contributed by atoms with Crippen LogP contribution in [0.15, 0.2) is 33.8 Å². The molecule has 3 heterocycles. The fourth-order valence-corrected chi connectivity index (χ4v) is 3.02. The van der Waals surface area contributed by atoms with Crippen molar-refractivity contribution >= 4 is 21.7 Å². The van der Waals surface area contributed by atoms with Crippen molar-refractivity contribution in [3.8, 4) is 11.4 Å². The zero-order valence-electron chi connectivity index (χ0n) is 12.4. The number of nitrogens with zero attached hydrogens (tertiary/aromatic N) is 4. The van der Waals surface area contributed by atoms with Gasteiger partial charge in [-0.05, 0) is 34.6 Å². The second-order valence-electron chi connectivity index (χ2n) is 5.21. The Bertz CT molecular complexity index is 695. The summed E-state index contributed by atoms with van der Waals surface area (Å²) in [6, 6.07) is 3.68. The molecule has 0 saturated carbocycles. The number of aromatic amines is 1. The van der Waals surface area contributed by atoms with Gasteiger partial charge in [-0.15, -0.1) is 0 Å². The average molecular weight is 364 g/mol. The highest BCUT2D eigenvalue weighted by molar-refractivity contribution is 9.10. The van der Waals surface area contributed by atoms with Crippen LogP contribution in [0.1, 0.15) is 6.92 Å². The summed E-state index contributed by atoms with van der Waals surface area (Å²) in [5, 5.41) is 0. The van der Waals surface area contributed by atoms with Crippen LogP contribution in [-0.4, -0.2) is 52.6 Å². The minimum atomic E-state index is -0.158. The summed E-state index contributed by atoms with van der Waals surface area (Å²) in [5.74, 6) is 1.29. The molecule has 1 N–H and O–H groups in total. The van der Waals surface area contributed by atoms with Crippen molar-refractivity contribution in [3.05, 3.63) is 39.4 Å². The van der Waals surface area contributed by atoms with Crippen LogP contribution in [0, 0.1) is 0 Å². The Balaban J connectivity index is 1.94. The van der Waals surface area contributed by atoms with Crippen molar-refractivity contribution in [2.75, 3.05) is 37.6 Å². The van der Waals surface area contributed by atoms with Gasteiger partial charge in [0.15, 0.2) is 5.82 Å². The topological polar surface area (TPSA) is 65.1 Å². The monoisotopic (exact) mass is 363 g/mol. The normalized spacial score (nSPS) is 16.0. The highest BCUT2D eigenvalue weighted by Crippen LogP contribution is 2.24. The number of likely N-dealkylation sites (N-methyl/N-ethyl adjacent to an activating group) is 1. The largest absolute Gasteiger partial charge is 0.353 e. The minimum absolute atomic E-state index is 0.158. The molecule has 1 saturated heterocycles. The highest BCUT2D eigenvalue weighted by Gasteiger charge is 2.21. The summed E-state index contributed by atoms with van der Waals surface area (Å²) >= 11 is 3.38. The maximum absolute atomic E-state index is 12.2. The van der Waals surface area contributed by atoms with E-state index in [4.69, 9.17) is 0 Å². The Morgan fingerprint density at radius 3 is 2.55 bits per heavy atom. The Morgan fingerprint density at radius 2 is 1.91 bits per heavy atom. The number of pyridine rings is 1. The Labute approximate surface area is 137 Å². The van der Waals surface area contributed by atoms with Gasteiger partial charge in [0, 0.05) is 44.1 Å². The molecule has 0 radical (unpaired) electrons. The first-order valence-electron chi connectivity index (χ1n) is 7.36. The molecule has 1 aliphatic heterocycles. The maximum atomic E-state index is 12.2. The lowest BCUT2D eigenvalue weighted by molar-refractivity contribution is 0.270. The van der Waals surface area contributed by atoms with Gasteiger partial charge in [0.05, 0.1) is 0 Å². The predicted octanol–water partition coefficient (Wildman–Crippen LogP) is 1.74. The first-order valence-corrected chi connectivity index (χ1v) is 8.16. The zero-order chi connectivity index (χ0) is 15.5. The first kappa shape index (κ1) is 15.2. The third-order valence-electron chi connectivity index (χ3n) is 3.92. The molecule has 1 fully saturated rings. The molecule has 0 atom stereocenters. The van der Waals surface area contributed by atoms with E-state index in [0.29, 0.717) is 16.1 Å². The van der Waals surface area contributed by atoms with Crippen LogP contribution in [-0.2, 0) is 0 Å². The molecule has 3 rings (SSSR count). The molecular weight excluding hydrogens is 346 g/mol. The smallest absolute Gasteiger partial charge is 0.267 e. The van der Waals surface area contributed by atoms with Crippen molar-refractivity contribution in [3.63, 3.8) is 0 Å².